The number of nitrogens with one attached hydrogen (secondary N) is 1. The van der Waals surface area contributed by atoms with Crippen LogP contribution < -0.4 is 10.2 Å². The first-order chi connectivity index (χ1) is 14.1. The number of nitrogens with zero attached hydrogens (tertiary/aromatic N) is 3. The van der Waals surface area contributed by atoms with E-state index in [-0.39, 0.29) is 24.3 Å². The standard InChI is InChI=1S/C21H26N4O5/c1-21(2,3)30-20(29)24-8-6-23(7-9-24)14-4-5-15-13(10-14)12-25(19(15)28)16-11-17(26)22-18(16)27/h4-5,10,16H,6-9,11-12H2,1-3H3,(H,22,26,27). The fraction of sp³-hybridized carbons (Fsp3) is 0.524. The quantitative estimate of drug-likeness (QED) is 0.728. The van der Waals surface area contributed by atoms with Crippen molar-refractivity contribution in [1.82, 2.24) is 15.1 Å². The minimum atomic E-state index is -0.738. The predicted molar refractivity (Wildman–Crippen MR) is 108 cm³/mol. The van der Waals surface area contributed by atoms with Crippen LogP contribution in [0.4, 0.5) is 10.5 Å². The third-order valence-electron chi connectivity index (χ3n) is 5.54. The maximum atomic E-state index is 12.7. The number of amides is 4. The van der Waals surface area contributed by atoms with Crippen LogP contribution in [-0.4, -0.2) is 71.4 Å². The van der Waals surface area contributed by atoms with Crippen LogP contribution in [0.1, 0.15) is 43.1 Å². The number of carbonyl (C=O) groups excluding carboxylic acids is 4. The lowest BCUT2D eigenvalue weighted by atomic mass is 10.1. The highest BCUT2D eigenvalue weighted by molar-refractivity contribution is 6.09. The van der Waals surface area contributed by atoms with E-state index in [4.69, 9.17) is 4.74 Å². The second-order valence-corrected chi connectivity index (χ2v) is 8.86. The van der Waals surface area contributed by atoms with Crippen molar-refractivity contribution in [2.45, 2.75) is 45.4 Å². The normalized spacial score (nSPS) is 21.8. The molecule has 30 heavy (non-hydrogen) atoms. The third-order valence-corrected chi connectivity index (χ3v) is 5.54. The van der Waals surface area contributed by atoms with Crippen molar-refractivity contribution in [3.63, 3.8) is 0 Å². The molecule has 1 aromatic rings. The number of rotatable bonds is 2. The Kier molecular flexibility index (Phi) is 4.91. The van der Waals surface area contributed by atoms with Gasteiger partial charge in [-0.2, -0.15) is 0 Å². The van der Waals surface area contributed by atoms with Gasteiger partial charge in [-0.25, -0.2) is 4.79 Å². The first-order valence-corrected chi connectivity index (χ1v) is 10.1. The summed E-state index contributed by atoms with van der Waals surface area (Å²) in [6, 6.07) is 4.90. The topological polar surface area (TPSA) is 99.3 Å². The molecule has 1 N–H and O–H groups in total. The molecular formula is C21H26N4O5. The lowest BCUT2D eigenvalue weighted by Gasteiger charge is -2.36. The minimum absolute atomic E-state index is 0.0119. The van der Waals surface area contributed by atoms with E-state index in [9.17, 15) is 19.2 Å². The molecule has 160 valence electrons. The van der Waals surface area contributed by atoms with E-state index in [1.165, 1.54) is 4.90 Å². The summed E-state index contributed by atoms with van der Waals surface area (Å²) in [6.07, 6.45) is -0.292. The number of fused-ring (bicyclic) bond motifs is 1. The summed E-state index contributed by atoms with van der Waals surface area (Å²) in [4.78, 5) is 53.8. The van der Waals surface area contributed by atoms with Crippen molar-refractivity contribution in [2.75, 3.05) is 31.1 Å². The predicted octanol–water partition coefficient (Wildman–Crippen LogP) is 1.11. The SMILES string of the molecule is CC(C)(C)OC(=O)N1CCN(c2ccc3c(c2)CN(C2CC(=O)NC2=O)C3=O)CC1. The molecule has 0 aromatic heterocycles. The van der Waals surface area contributed by atoms with Gasteiger partial charge in [0.25, 0.3) is 5.91 Å². The van der Waals surface area contributed by atoms with Crippen LogP contribution in [0, 0.1) is 0 Å². The summed E-state index contributed by atoms with van der Waals surface area (Å²) in [5.41, 5.74) is 1.87. The van der Waals surface area contributed by atoms with E-state index in [1.54, 1.807) is 11.0 Å². The van der Waals surface area contributed by atoms with Gasteiger partial charge in [-0.15, -0.1) is 0 Å². The van der Waals surface area contributed by atoms with Gasteiger partial charge >= 0.3 is 6.09 Å². The number of hydrogen-bond acceptors (Lipinski definition) is 6. The minimum Gasteiger partial charge on any atom is -0.444 e. The van der Waals surface area contributed by atoms with Crippen LogP contribution in [0.3, 0.4) is 0 Å². The fourth-order valence-electron chi connectivity index (χ4n) is 4.04. The Balaban J connectivity index is 1.41. The Morgan fingerprint density at radius 1 is 1.10 bits per heavy atom. The molecule has 2 fully saturated rings. The summed E-state index contributed by atoms with van der Waals surface area (Å²) in [5, 5.41) is 2.26. The van der Waals surface area contributed by atoms with Crippen molar-refractivity contribution in [3.8, 4) is 0 Å². The number of benzene rings is 1. The first-order valence-electron chi connectivity index (χ1n) is 10.1. The molecule has 9 nitrogen and oxygen atoms in total. The molecule has 4 amide bonds. The van der Waals surface area contributed by atoms with E-state index in [2.05, 4.69) is 10.2 Å². The molecule has 0 radical (unpaired) electrons. The Labute approximate surface area is 174 Å². The summed E-state index contributed by atoms with van der Waals surface area (Å²) in [5.74, 6) is -0.988. The van der Waals surface area contributed by atoms with Gasteiger partial charge in [0.2, 0.25) is 11.8 Å². The van der Waals surface area contributed by atoms with Crippen molar-refractivity contribution >= 4 is 29.5 Å². The highest BCUT2D eigenvalue weighted by atomic mass is 16.6. The second kappa shape index (κ2) is 7.30. The van der Waals surface area contributed by atoms with E-state index < -0.39 is 17.6 Å². The average molecular weight is 414 g/mol. The summed E-state index contributed by atoms with van der Waals surface area (Å²) < 4.78 is 5.44. The maximum absolute atomic E-state index is 12.7. The number of anilines is 1. The molecule has 2 saturated heterocycles. The highest BCUT2D eigenvalue weighted by Crippen LogP contribution is 2.31. The molecule has 3 aliphatic heterocycles. The Morgan fingerprint density at radius 3 is 2.40 bits per heavy atom. The Hall–Kier alpha value is -3.10. The summed E-state index contributed by atoms with van der Waals surface area (Å²) in [6.45, 7) is 8.29. The lowest BCUT2D eigenvalue weighted by Crippen LogP contribution is -2.50. The first kappa shape index (κ1) is 20.2. The van der Waals surface area contributed by atoms with Crippen LogP contribution in [0.25, 0.3) is 0 Å². The second-order valence-electron chi connectivity index (χ2n) is 8.86. The number of hydrogen-bond donors (Lipinski definition) is 1. The number of imide groups is 1. The largest absolute Gasteiger partial charge is 0.444 e. The van der Waals surface area contributed by atoms with Crippen molar-refractivity contribution in [2.24, 2.45) is 0 Å². The number of carbonyl (C=O) groups is 4. The lowest BCUT2D eigenvalue weighted by molar-refractivity contribution is -0.126. The molecule has 1 unspecified atom stereocenters. The summed E-state index contributed by atoms with van der Waals surface area (Å²) >= 11 is 0. The fourth-order valence-corrected chi connectivity index (χ4v) is 4.04. The average Bonchev–Trinajstić information content (AvgIpc) is 3.18. The molecule has 3 heterocycles. The molecular weight excluding hydrogens is 388 g/mol. The molecule has 3 aliphatic rings. The van der Waals surface area contributed by atoms with Crippen molar-refractivity contribution < 1.29 is 23.9 Å². The Bertz CT molecular complexity index is 914. The van der Waals surface area contributed by atoms with Crippen LogP contribution in [-0.2, 0) is 20.9 Å². The molecule has 1 atom stereocenters. The molecule has 9 heteroatoms. The molecule has 1 aromatic carbocycles. The number of ether oxygens (including phenoxy) is 1. The van der Waals surface area contributed by atoms with Crippen LogP contribution in [0.15, 0.2) is 18.2 Å². The van der Waals surface area contributed by atoms with Crippen LogP contribution in [0.5, 0.6) is 0 Å². The van der Waals surface area contributed by atoms with Gasteiger partial charge < -0.3 is 19.4 Å². The van der Waals surface area contributed by atoms with E-state index in [0.29, 0.717) is 38.3 Å². The van der Waals surface area contributed by atoms with Crippen LogP contribution in [0.2, 0.25) is 0 Å². The molecule has 0 bridgehead atoms. The molecule has 4 rings (SSSR count). The van der Waals surface area contributed by atoms with Gasteiger partial charge in [0, 0.05) is 44.0 Å². The van der Waals surface area contributed by atoms with Crippen molar-refractivity contribution in [1.29, 1.82) is 0 Å². The highest BCUT2D eigenvalue weighted by Gasteiger charge is 2.41. The van der Waals surface area contributed by atoms with Gasteiger partial charge in [-0.3, -0.25) is 19.7 Å². The summed E-state index contributed by atoms with van der Waals surface area (Å²) in [7, 11) is 0. The van der Waals surface area contributed by atoms with E-state index >= 15 is 0 Å². The van der Waals surface area contributed by atoms with Gasteiger partial charge in [0.1, 0.15) is 11.6 Å². The molecule has 0 aliphatic carbocycles. The van der Waals surface area contributed by atoms with Gasteiger partial charge in [0.05, 0.1) is 6.42 Å². The van der Waals surface area contributed by atoms with E-state index in [0.717, 1.165) is 11.3 Å². The zero-order chi connectivity index (χ0) is 21.6. The van der Waals surface area contributed by atoms with Crippen molar-refractivity contribution in [3.05, 3.63) is 29.3 Å². The maximum Gasteiger partial charge on any atom is 0.410 e. The zero-order valence-corrected chi connectivity index (χ0v) is 17.4. The smallest absolute Gasteiger partial charge is 0.410 e. The van der Waals surface area contributed by atoms with Gasteiger partial charge in [-0.05, 0) is 44.5 Å². The molecule has 0 saturated carbocycles. The van der Waals surface area contributed by atoms with E-state index in [1.807, 2.05) is 32.9 Å². The van der Waals surface area contributed by atoms with Crippen LogP contribution >= 0.6 is 0 Å². The monoisotopic (exact) mass is 414 g/mol. The van der Waals surface area contributed by atoms with Gasteiger partial charge in [0.15, 0.2) is 0 Å². The number of piperazine rings is 1. The zero-order valence-electron chi connectivity index (χ0n) is 17.4. The van der Waals surface area contributed by atoms with Gasteiger partial charge in [-0.1, -0.05) is 0 Å². The molecule has 0 spiro atoms. The Morgan fingerprint density at radius 2 is 1.80 bits per heavy atom. The third kappa shape index (κ3) is 3.83.